The lowest BCUT2D eigenvalue weighted by molar-refractivity contribution is -0.0511. The van der Waals surface area contributed by atoms with Crippen LogP contribution in [0.15, 0.2) is 41.8 Å². The largest absolute Gasteiger partial charge is 0.394 e. The molecule has 1 fully saturated rings. The standard InChI is InChI=1S/C18H21N7O4/c1-9(10-5-3-2-4-6-10)23-24-18-21-15(19)12-16(22-18)25(8-20-12)17-14(28)13(27)11(7-26)29-17/h2-6,8,11,13-14,17,26-28H,7H2,1H3,(H3,19,21,22,24)/b23-9+/t11-,13-,14-,17-/m1/s1. The first kappa shape index (κ1) is 19.2. The monoisotopic (exact) mass is 399 g/mol. The van der Waals surface area contributed by atoms with Gasteiger partial charge in [0, 0.05) is 0 Å². The van der Waals surface area contributed by atoms with Gasteiger partial charge in [0.15, 0.2) is 17.7 Å². The number of imidazole rings is 1. The van der Waals surface area contributed by atoms with E-state index in [4.69, 9.17) is 10.5 Å². The number of fused-ring (bicyclic) bond motifs is 1. The smallest absolute Gasteiger partial charge is 0.247 e. The van der Waals surface area contributed by atoms with Gasteiger partial charge in [-0.25, -0.2) is 10.4 Å². The number of ether oxygens (including phenoxy) is 1. The molecule has 11 heteroatoms. The molecule has 3 aromatic rings. The lowest BCUT2D eigenvalue weighted by Crippen LogP contribution is -2.33. The van der Waals surface area contributed by atoms with Gasteiger partial charge in [0.2, 0.25) is 5.95 Å². The number of aromatic nitrogens is 4. The molecule has 1 aliphatic heterocycles. The number of anilines is 2. The van der Waals surface area contributed by atoms with Crippen molar-refractivity contribution in [2.45, 2.75) is 31.5 Å². The first-order valence-corrected chi connectivity index (χ1v) is 8.98. The van der Waals surface area contributed by atoms with Crippen molar-refractivity contribution in [3.05, 3.63) is 42.2 Å². The molecular weight excluding hydrogens is 378 g/mol. The first-order chi connectivity index (χ1) is 14.0. The fourth-order valence-electron chi connectivity index (χ4n) is 3.16. The van der Waals surface area contributed by atoms with Crippen molar-refractivity contribution in [3.63, 3.8) is 0 Å². The molecule has 4 atom stereocenters. The van der Waals surface area contributed by atoms with Gasteiger partial charge in [-0.2, -0.15) is 15.1 Å². The van der Waals surface area contributed by atoms with Crippen LogP contribution in [0.25, 0.3) is 11.2 Å². The number of benzene rings is 1. The maximum atomic E-state index is 10.3. The molecule has 0 spiro atoms. The summed E-state index contributed by atoms with van der Waals surface area (Å²) in [6.07, 6.45) is -3.02. The van der Waals surface area contributed by atoms with Crippen LogP contribution in [0, 0.1) is 0 Å². The summed E-state index contributed by atoms with van der Waals surface area (Å²) in [5, 5.41) is 33.9. The second kappa shape index (κ2) is 7.72. The molecule has 4 rings (SSSR count). The van der Waals surface area contributed by atoms with Crippen molar-refractivity contribution in [1.29, 1.82) is 0 Å². The van der Waals surface area contributed by atoms with Crippen LogP contribution >= 0.6 is 0 Å². The van der Waals surface area contributed by atoms with Gasteiger partial charge in [-0.1, -0.05) is 30.3 Å². The summed E-state index contributed by atoms with van der Waals surface area (Å²) in [5.74, 6) is 0.259. The summed E-state index contributed by atoms with van der Waals surface area (Å²) in [6.45, 7) is 1.41. The minimum Gasteiger partial charge on any atom is -0.394 e. The van der Waals surface area contributed by atoms with E-state index in [1.807, 2.05) is 37.3 Å². The first-order valence-electron chi connectivity index (χ1n) is 8.98. The van der Waals surface area contributed by atoms with Crippen LogP contribution in [-0.4, -0.2) is 65.5 Å². The Morgan fingerprint density at radius 2 is 2.00 bits per heavy atom. The van der Waals surface area contributed by atoms with Crippen molar-refractivity contribution < 1.29 is 20.1 Å². The molecule has 6 N–H and O–H groups in total. The number of rotatable bonds is 5. The highest BCUT2D eigenvalue weighted by Gasteiger charge is 2.44. The van der Waals surface area contributed by atoms with Crippen LogP contribution in [0.5, 0.6) is 0 Å². The van der Waals surface area contributed by atoms with Gasteiger partial charge >= 0.3 is 0 Å². The van der Waals surface area contributed by atoms with E-state index in [1.165, 1.54) is 10.9 Å². The lowest BCUT2D eigenvalue weighted by atomic mass is 10.1. The zero-order valence-electron chi connectivity index (χ0n) is 15.5. The lowest BCUT2D eigenvalue weighted by Gasteiger charge is -2.16. The Bertz CT molecular complexity index is 1040. The number of nitrogens with one attached hydrogen (secondary N) is 1. The predicted octanol–water partition coefficient (Wildman–Crippen LogP) is -0.144. The fraction of sp³-hybridized carbons (Fsp3) is 0.333. The Labute approximate surface area is 165 Å². The van der Waals surface area contributed by atoms with E-state index < -0.39 is 31.1 Å². The molecule has 0 unspecified atom stereocenters. The highest BCUT2D eigenvalue weighted by atomic mass is 16.6. The highest BCUT2D eigenvalue weighted by molar-refractivity contribution is 5.99. The molecule has 3 heterocycles. The topological polar surface area (TPSA) is 164 Å². The second-order valence-electron chi connectivity index (χ2n) is 6.66. The molecule has 152 valence electrons. The van der Waals surface area contributed by atoms with Crippen LogP contribution in [0.3, 0.4) is 0 Å². The van der Waals surface area contributed by atoms with Gasteiger partial charge < -0.3 is 25.8 Å². The number of hydrogen-bond donors (Lipinski definition) is 5. The summed E-state index contributed by atoms with van der Waals surface area (Å²) in [5.41, 5.74) is 11.0. The minimum absolute atomic E-state index is 0.121. The fourth-order valence-corrected chi connectivity index (χ4v) is 3.16. The summed E-state index contributed by atoms with van der Waals surface area (Å²) >= 11 is 0. The molecule has 29 heavy (non-hydrogen) atoms. The molecule has 11 nitrogen and oxygen atoms in total. The number of nitrogens with zero attached hydrogens (tertiary/aromatic N) is 5. The predicted molar refractivity (Wildman–Crippen MR) is 105 cm³/mol. The number of hydrazone groups is 1. The Kier molecular flexibility index (Phi) is 5.11. The van der Waals surface area contributed by atoms with Crippen LogP contribution in [0.4, 0.5) is 11.8 Å². The molecule has 1 aliphatic rings. The number of nitrogen functional groups attached to an aromatic ring is 1. The zero-order valence-corrected chi connectivity index (χ0v) is 15.5. The van der Waals surface area contributed by atoms with Gasteiger partial charge in [0.05, 0.1) is 18.6 Å². The van der Waals surface area contributed by atoms with Crippen molar-refractivity contribution in [2.75, 3.05) is 17.8 Å². The van der Waals surface area contributed by atoms with E-state index >= 15 is 0 Å². The van der Waals surface area contributed by atoms with Crippen LogP contribution in [-0.2, 0) is 4.74 Å². The van der Waals surface area contributed by atoms with Crippen molar-refractivity contribution in [2.24, 2.45) is 5.10 Å². The van der Waals surface area contributed by atoms with Gasteiger partial charge in [0.25, 0.3) is 0 Å². The molecule has 0 bridgehead atoms. The molecule has 0 aliphatic carbocycles. The molecule has 1 saturated heterocycles. The third-order valence-corrected chi connectivity index (χ3v) is 4.75. The van der Waals surface area contributed by atoms with E-state index in [0.29, 0.717) is 11.2 Å². The Morgan fingerprint density at radius 1 is 1.24 bits per heavy atom. The van der Waals surface area contributed by atoms with Crippen LogP contribution < -0.4 is 11.2 Å². The second-order valence-corrected chi connectivity index (χ2v) is 6.66. The quantitative estimate of drug-likeness (QED) is 0.290. The molecular formula is C18H21N7O4. The Morgan fingerprint density at radius 3 is 2.69 bits per heavy atom. The summed E-state index contributed by atoms with van der Waals surface area (Å²) in [7, 11) is 0. The summed E-state index contributed by atoms with van der Waals surface area (Å²) in [6, 6.07) is 9.59. The number of aliphatic hydroxyl groups excluding tert-OH is 3. The van der Waals surface area contributed by atoms with Gasteiger partial charge in [-0.3, -0.25) is 4.57 Å². The summed E-state index contributed by atoms with van der Waals surface area (Å²) < 4.78 is 6.99. The van der Waals surface area contributed by atoms with E-state index in [-0.39, 0.29) is 11.8 Å². The van der Waals surface area contributed by atoms with Crippen molar-refractivity contribution in [1.82, 2.24) is 19.5 Å². The molecule has 0 saturated carbocycles. The van der Waals surface area contributed by atoms with Crippen molar-refractivity contribution >= 4 is 28.6 Å². The van der Waals surface area contributed by atoms with E-state index in [0.717, 1.165) is 11.3 Å². The van der Waals surface area contributed by atoms with Gasteiger partial charge in [0.1, 0.15) is 23.8 Å². The minimum atomic E-state index is -1.27. The Hall–Kier alpha value is -3.12. The van der Waals surface area contributed by atoms with Crippen LogP contribution in [0.1, 0.15) is 18.7 Å². The number of hydrogen-bond acceptors (Lipinski definition) is 10. The number of aliphatic hydroxyl groups is 3. The average molecular weight is 399 g/mol. The average Bonchev–Trinajstić information content (AvgIpc) is 3.28. The van der Waals surface area contributed by atoms with E-state index in [1.54, 1.807) is 0 Å². The van der Waals surface area contributed by atoms with E-state index in [9.17, 15) is 15.3 Å². The maximum absolute atomic E-state index is 10.3. The van der Waals surface area contributed by atoms with Crippen LogP contribution in [0.2, 0.25) is 0 Å². The molecule has 0 radical (unpaired) electrons. The normalized spacial score (nSPS) is 24.9. The van der Waals surface area contributed by atoms with Crippen molar-refractivity contribution in [3.8, 4) is 0 Å². The molecule has 1 aromatic carbocycles. The third-order valence-electron chi connectivity index (χ3n) is 4.75. The zero-order chi connectivity index (χ0) is 20.5. The summed E-state index contributed by atoms with van der Waals surface area (Å²) in [4.78, 5) is 12.7. The molecule has 2 aromatic heterocycles. The third kappa shape index (κ3) is 3.51. The van der Waals surface area contributed by atoms with Gasteiger partial charge in [-0.05, 0) is 12.5 Å². The maximum Gasteiger partial charge on any atom is 0.247 e. The SMILES string of the molecule is C/C(=N\Nc1nc(N)c2ncn([C@@H]3O[C@H](CO)[C@@H](O)[C@H]3O)c2n1)c1ccccc1. The highest BCUT2D eigenvalue weighted by Crippen LogP contribution is 2.32. The molecule has 0 amide bonds. The Balaban J connectivity index is 1.65. The number of nitrogens with two attached hydrogens (primary N) is 1. The van der Waals surface area contributed by atoms with Gasteiger partial charge in [-0.15, -0.1) is 0 Å². The van der Waals surface area contributed by atoms with E-state index in [2.05, 4.69) is 25.5 Å².